The zero-order valence-corrected chi connectivity index (χ0v) is 11.9. The van der Waals surface area contributed by atoms with E-state index in [-0.39, 0.29) is 11.2 Å². The SMILES string of the molecule is OC[C@H]1OC(n2cnc3c(Cl)nc(C(F)(F)F)nc32)[C@H](O)[C@@H]1O. The van der Waals surface area contributed by atoms with Gasteiger partial charge < -0.3 is 20.1 Å². The molecule has 12 heteroatoms. The summed E-state index contributed by atoms with van der Waals surface area (Å²) in [6.45, 7) is -0.578. The van der Waals surface area contributed by atoms with Crippen molar-refractivity contribution >= 4 is 22.8 Å². The normalized spacial score (nSPS) is 28.7. The summed E-state index contributed by atoms with van der Waals surface area (Å²) in [5, 5.41) is 28.2. The molecule has 0 spiro atoms. The average Bonchev–Trinajstić information content (AvgIpc) is 3.01. The summed E-state index contributed by atoms with van der Waals surface area (Å²) < 4.78 is 44.6. The highest BCUT2D eigenvalue weighted by molar-refractivity contribution is 6.33. The van der Waals surface area contributed by atoms with E-state index in [9.17, 15) is 23.4 Å². The Morgan fingerprint density at radius 1 is 1.26 bits per heavy atom. The second-order valence-corrected chi connectivity index (χ2v) is 5.25. The summed E-state index contributed by atoms with van der Waals surface area (Å²) in [4.78, 5) is 10.3. The van der Waals surface area contributed by atoms with Gasteiger partial charge in [0.15, 0.2) is 17.0 Å². The standard InChI is InChI=1S/C11H10ClF3N4O4/c12-7-4-8(18-10(17-7)11(13,14)15)19(2-16-4)9-6(22)5(21)3(1-20)23-9/h2-3,5-6,9,20-22H,1H2/t3-,5-,6-,9?/m1/s1. The molecule has 0 aliphatic carbocycles. The molecule has 0 amide bonds. The maximum Gasteiger partial charge on any atom is 0.451 e. The molecule has 3 rings (SSSR count). The van der Waals surface area contributed by atoms with Gasteiger partial charge in [-0.2, -0.15) is 13.2 Å². The van der Waals surface area contributed by atoms with Crippen LogP contribution in [0.3, 0.4) is 0 Å². The molecule has 23 heavy (non-hydrogen) atoms. The van der Waals surface area contributed by atoms with Crippen LogP contribution in [-0.2, 0) is 10.9 Å². The number of alkyl halides is 3. The van der Waals surface area contributed by atoms with Gasteiger partial charge >= 0.3 is 6.18 Å². The van der Waals surface area contributed by atoms with Crippen molar-refractivity contribution in [2.24, 2.45) is 0 Å². The molecule has 2 aromatic rings. The average molecular weight is 355 g/mol. The molecule has 1 fully saturated rings. The van der Waals surface area contributed by atoms with Gasteiger partial charge in [-0.15, -0.1) is 0 Å². The predicted octanol–water partition coefficient (Wildman–Crippen LogP) is 0.110. The lowest BCUT2D eigenvalue weighted by Crippen LogP contribution is -2.33. The molecule has 0 radical (unpaired) electrons. The van der Waals surface area contributed by atoms with E-state index in [1.54, 1.807) is 0 Å². The maximum absolute atomic E-state index is 12.8. The largest absolute Gasteiger partial charge is 0.451 e. The van der Waals surface area contributed by atoms with E-state index in [2.05, 4.69) is 15.0 Å². The van der Waals surface area contributed by atoms with Crippen LogP contribution in [-0.4, -0.2) is 59.8 Å². The molecule has 0 aromatic carbocycles. The number of nitrogens with zero attached hydrogens (tertiary/aromatic N) is 4. The monoisotopic (exact) mass is 354 g/mol. The highest BCUT2D eigenvalue weighted by atomic mass is 35.5. The van der Waals surface area contributed by atoms with Gasteiger partial charge in [0, 0.05) is 0 Å². The third-order valence-electron chi connectivity index (χ3n) is 3.42. The van der Waals surface area contributed by atoms with Crippen LogP contribution in [0.5, 0.6) is 0 Å². The molecule has 1 aliphatic heterocycles. The van der Waals surface area contributed by atoms with Gasteiger partial charge in [-0.05, 0) is 0 Å². The fourth-order valence-electron chi connectivity index (χ4n) is 2.30. The van der Waals surface area contributed by atoms with Crippen LogP contribution in [0.1, 0.15) is 12.1 Å². The van der Waals surface area contributed by atoms with Crippen molar-refractivity contribution in [1.82, 2.24) is 19.5 Å². The van der Waals surface area contributed by atoms with Gasteiger partial charge in [0.1, 0.15) is 23.8 Å². The number of rotatable bonds is 2. The number of ether oxygens (including phenoxy) is 1. The third kappa shape index (κ3) is 2.64. The van der Waals surface area contributed by atoms with Crippen molar-refractivity contribution in [2.75, 3.05) is 6.61 Å². The molecule has 126 valence electrons. The van der Waals surface area contributed by atoms with E-state index < -0.39 is 48.3 Å². The molecular weight excluding hydrogens is 345 g/mol. The van der Waals surface area contributed by atoms with Crippen LogP contribution in [0.25, 0.3) is 11.2 Å². The maximum atomic E-state index is 12.8. The summed E-state index contributed by atoms with van der Waals surface area (Å²) in [6.07, 6.45) is -9.04. The molecule has 3 N–H and O–H groups in total. The van der Waals surface area contributed by atoms with Gasteiger partial charge in [-0.25, -0.2) is 15.0 Å². The van der Waals surface area contributed by atoms with Crippen LogP contribution >= 0.6 is 11.6 Å². The number of aliphatic hydroxyl groups excluding tert-OH is 3. The summed E-state index contributed by atoms with van der Waals surface area (Å²) >= 11 is 5.69. The minimum absolute atomic E-state index is 0.114. The van der Waals surface area contributed by atoms with Crippen LogP contribution in [0.15, 0.2) is 6.33 Å². The summed E-state index contributed by atoms with van der Waals surface area (Å²) in [7, 11) is 0. The smallest absolute Gasteiger partial charge is 0.394 e. The number of hydrogen-bond acceptors (Lipinski definition) is 7. The van der Waals surface area contributed by atoms with Gasteiger partial charge in [0.05, 0.1) is 12.9 Å². The Balaban J connectivity index is 2.10. The van der Waals surface area contributed by atoms with Gasteiger partial charge in [0.25, 0.3) is 0 Å². The van der Waals surface area contributed by atoms with Gasteiger partial charge in [0.2, 0.25) is 5.82 Å². The second-order valence-electron chi connectivity index (χ2n) is 4.89. The summed E-state index contributed by atoms with van der Waals surface area (Å²) in [5.41, 5.74) is -0.426. The van der Waals surface area contributed by atoms with Gasteiger partial charge in [-0.1, -0.05) is 11.6 Å². The molecule has 1 aliphatic rings. The van der Waals surface area contributed by atoms with E-state index in [0.717, 1.165) is 10.9 Å². The molecule has 1 unspecified atom stereocenters. The lowest BCUT2D eigenvalue weighted by atomic mass is 10.1. The third-order valence-corrected chi connectivity index (χ3v) is 3.69. The first kappa shape index (κ1) is 16.3. The van der Waals surface area contributed by atoms with E-state index >= 15 is 0 Å². The van der Waals surface area contributed by atoms with Crippen LogP contribution in [0, 0.1) is 0 Å². The van der Waals surface area contributed by atoms with Crippen LogP contribution in [0.2, 0.25) is 5.15 Å². The quantitative estimate of drug-likeness (QED) is 0.656. The number of aromatic nitrogens is 4. The minimum atomic E-state index is -4.82. The Hall–Kier alpha value is -1.53. The van der Waals surface area contributed by atoms with E-state index in [1.165, 1.54) is 0 Å². The van der Waals surface area contributed by atoms with Crippen LogP contribution < -0.4 is 0 Å². The first-order valence-corrected chi connectivity index (χ1v) is 6.71. The molecule has 4 atom stereocenters. The van der Waals surface area contributed by atoms with Crippen molar-refractivity contribution in [3.8, 4) is 0 Å². The number of fused-ring (bicyclic) bond motifs is 1. The molecule has 3 heterocycles. The first-order valence-electron chi connectivity index (χ1n) is 6.33. The number of hydrogen-bond donors (Lipinski definition) is 3. The van der Waals surface area contributed by atoms with E-state index in [0.29, 0.717) is 0 Å². The highest BCUT2D eigenvalue weighted by Gasteiger charge is 2.44. The topological polar surface area (TPSA) is 114 Å². The molecule has 1 saturated heterocycles. The Kier molecular flexibility index (Phi) is 3.92. The van der Waals surface area contributed by atoms with Gasteiger partial charge in [-0.3, -0.25) is 4.57 Å². The van der Waals surface area contributed by atoms with Crippen molar-refractivity contribution in [3.63, 3.8) is 0 Å². The van der Waals surface area contributed by atoms with E-state index in [1.807, 2.05) is 0 Å². The number of halogens is 4. The summed E-state index contributed by atoms with van der Waals surface area (Å²) in [6, 6.07) is 0. The van der Waals surface area contributed by atoms with Crippen molar-refractivity contribution < 1.29 is 33.2 Å². The Morgan fingerprint density at radius 3 is 2.52 bits per heavy atom. The Labute approximate surface area is 131 Å². The van der Waals surface area contributed by atoms with Crippen molar-refractivity contribution in [3.05, 3.63) is 17.3 Å². The zero-order chi connectivity index (χ0) is 16.9. The molecule has 8 nitrogen and oxygen atoms in total. The number of imidazole rings is 1. The molecule has 0 bridgehead atoms. The lowest BCUT2D eigenvalue weighted by molar-refractivity contribution is -0.144. The minimum Gasteiger partial charge on any atom is -0.394 e. The fraction of sp³-hybridized carbons (Fsp3) is 0.545. The van der Waals surface area contributed by atoms with Crippen molar-refractivity contribution in [2.45, 2.75) is 30.7 Å². The predicted molar refractivity (Wildman–Crippen MR) is 68.3 cm³/mol. The lowest BCUT2D eigenvalue weighted by Gasteiger charge is -2.16. The Bertz CT molecular complexity index is 740. The molecule has 2 aromatic heterocycles. The molecular formula is C11H10ClF3N4O4. The number of aliphatic hydroxyl groups is 3. The molecule has 0 saturated carbocycles. The van der Waals surface area contributed by atoms with Crippen molar-refractivity contribution in [1.29, 1.82) is 0 Å². The second kappa shape index (κ2) is 5.53. The van der Waals surface area contributed by atoms with E-state index in [4.69, 9.17) is 21.4 Å². The van der Waals surface area contributed by atoms with Crippen LogP contribution in [0.4, 0.5) is 13.2 Å². The summed E-state index contributed by atoms with van der Waals surface area (Å²) in [5.74, 6) is -1.47. The zero-order valence-electron chi connectivity index (χ0n) is 11.1. The Morgan fingerprint density at radius 2 is 1.96 bits per heavy atom. The highest BCUT2D eigenvalue weighted by Crippen LogP contribution is 2.34. The fourth-order valence-corrected chi connectivity index (χ4v) is 2.52. The first-order chi connectivity index (χ1) is 10.7.